The second-order valence-corrected chi connectivity index (χ2v) is 7.51. The summed E-state index contributed by atoms with van der Waals surface area (Å²) >= 11 is 6.00. The maximum Gasteiger partial charge on any atom is 0.329 e. The highest BCUT2D eigenvalue weighted by Gasteiger charge is 2.51. The number of benzene rings is 1. The summed E-state index contributed by atoms with van der Waals surface area (Å²) in [5.41, 5.74) is 0.269. The van der Waals surface area contributed by atoms with Crippen molar-refractivity contribution in [3.63, 3.8) is 0 Å². The summed E-state index contributed by atoms with van der Waals surface area (Å²) in [6.45, 7) is 0.944. The summed E-state index contributed by atoms with van der Waals surface area (Å²) in [6, 6.07) is 3.43. The SMILES string of the molecule is COc1ccc(C(=O)COC(=O)[C@H](C)N2C(=O)[C@@H]3CCCC[C@H]3C2=O)cc1Cl. The normalized spacial score (nSPS) is 22.6. The van der Waals surface area contributed by atoms with Gasteiger partial charge in [-0.3, -0.25) is 19.3 Å². The van der Waals surface area contributed by atoms with Crippen LogP contribution in [0.1, 0.15) is 43.0 Å². The molecule has 150 valence electrons. The lowest BCUT2D eigenvalue weighted by atomic mass is 9.81. The Bertz CT molecular complexity index is 799. The van der Waals surface area contributed by atoms with Crippen LogP contribution in [0.15, 0.2) is 18.2 Å². The Balaban J connectivity index is 1.61. The molecule has 0 bridgehead atoms. The van der Waals surface area contributed by atoms with Gasteiger partial charge in [0.25, 0.3) is 0 Å². The van der Waals surface area contributed by atoms with Crippen molar-refractivity contribution in [1.29, 1.82) is 0 Å². The van der Waals surface area contributed by atoms with Crippen molar-refractivity contribution in [1.82, 2.24) is 4.90 Å². The van der Waals surface area contributed by atoms with Crippen LogP contribution in [0.3, 0.4) is 0 Å². The van der Waals surface area contributed by atoms with E-state index in [0.29, 0.717) is 18.6 Å². The molecule has 1 aromatic carbocycles. The van der Waals surface area contributed by atoms with Crippen molar-refractivity contribution in [2.75, 3.05) is 13.7 Å². The number of methoxy groups -OCH3 is 1. The van der Waals surface area contributed by atoms with Crippen LogP contribution in [-0.2, 0) is 19.1 Å². The molecule has 0 N–H and O–H groups in total. The zero-order valence-corrected chi connectivity index (χ0v) is 16.5. The fourth-order valence-corrected chi connectivity index (χ4v) is 4.11. The van der Waals surface area contributed by atoms with Gasteiger partial charge in [-0.25, -0.2) is 4.79 Å². The van der Waals surface area contributed by atoms with E-state index in [2.05, 4.69) is 0 Å². The molecule has 0 aromatic heterocycles. The molecule has 0 spiro atoms. The van der Waals surface area contributed by atoms with Gasteiger partial charge in [-0.2, -0.15) is 0 Å². The third kappa shape index (κ3) is 3.76. The Kier molecular flexibility index (Phi) is 6.03. The molecule has 3 atom stereocenters. The number of Topliss-reactive ketones (excluding diaryl/α,β-unsaturated/α-hetero) is 1. The zero-order chi connectivity index (χ0) is 20.4. The monoisotopic (exact) mass is 407 g/mol. The van der Waals surface area contributed by atoms with Gasteiger partial charge >= 0.3 is 5.97 Å². The van der Waals surface area contributed by atoms with Crippen LogP contribution in [0, 0.1) is 11.8 Å². The Morgan fingerprint density at radius 3 is 2.32 bits per heavy atom. The lowest BCUT2D eigenvalue weighted by Gasteiger charge is -2.21. The number of ether oxygens (including phenoxy) is 2. The maximum absolute atomic E-state index is 12.6. The fourth-order valence-electron chi connectivity index (χ4n) is 3.86. The number of hydrogen-bond donors (Lipinski definition) is 0. The van der Waals surface area contributed by atoms with Crippen molar-refractivity contribution in [2.24, 2.45) is 11.8 Å². The highest BCUT2D eigenvalue weighted by atomic mass is 35.5. The van der Waals surface area contributed by atoms with E-state index in [1.165, 1.54) is 26.2 Å². The molecule has 0 radical (unpaired) electrons. The summed E-state index contributed by atoms with van der Waals surface area (Å²) < 4.78 is 10.1. The van der Waals surface area contributed by atoms with E-state index in [4.69, 9.17) is 21.1 Å². The van der Waals surface area contributed by atoms with Crippen molar-refractivity contribution in [2.45, 2.75) is 38.6 Å². The molecule has 1 heterocycles. The van der Waals surface area contributed by atoms with E-state index in [1.807, 2.05) is 0 Å². The van der Waals surface area contributed by atoms with Gasteiger partial charge in [0.15, 0.2) is 12.4 Å². The summed E-state index contributed by atoms with van der Waals surface area (Å²) in [6.07, 6.45) is 3.16. The van der Waals surface area contributed by atoms with Crippen LogP contribution in [-0.4, -0.2) is 48.2 Å². The molecular formula is C20H22ClNO6. The minimum atomic E-state index is -1.06. The first-order valence-corrected chi connectivity index (χ1v) is 9.63. The number of hydrogen-bond acceptors (Lipinski definition) is 6. The van der Waals surface area contributed by atoms with Crippen LogP contribution in [0.25, 0.3) is 0 Å². The van der Waals surface area contributed by atoms with Gasteiger partial charge in [0.05, 0.1) is 24.0 Å². The first-order chi connectivity index (χ1) is 13.3. The lowest BCUT2D eigenvalue weighted by Crippen LogP contribution is -2.44. The summed E-state index contributed by atoms with van der Waals surface area (Å²) in [7, 11) is 1.46. The van der Waals surface area contributed by atoms with Crippen LogP contribution < -0.4 is 4.74 Å². The number of amides is 2. The Labute approximate surface area is 167 Å². The average molecular weight is 408 g/mol. The molecule has 0 unspecified atom stereocenters. The molecule has 3 rings (SSSR count). The Hall–Kier alpha value is -2.41. The number of halogens is 1. The minimum Gasteiger partial charge on any atom is -0.495 e. The number of carbonyl (C=O) groups is 4. The first kappa shape index (κ1) is 20.3. The fraction of sp³-hybridized carbons (Fsp3) is 0.500. The molecule has 2 aliphatic rings. The number of likely N-dealkylation sites (tertiary alicyclic amines) is 1. The number of fused-ring (bicyclic) bond motifs is 1. The van der Waals surface area contributed by atoms with E-state index in [0.717, 1.165) is 17.7 Å². The van der Waals surface area contributed by atoms with E-state index in [9.17, 15) is 19.2 Å². The van der Waals surface area contributed by atoms with Crippen molar-refractivity contribution >= 4 is 35.2 Å². The van der Waals surface area contributed by atoms with Gasteiger partial charge in [-0.15, -0.1) is 0 Å². The second kappa shape index (κ2) is 8.31. The minimum absolute atomic E-state index is 0.268. The van der Waals surface area contributed by atoms with E-state index < -0.39 is 24.4 Å². The van der Waals surface area contributed by atoms with E-state index in [1.54, 1.807) is 6.07 Å². The summed E-state index contributed by atoms with van der Waals surface area (Å²) in [5, 5.41) is 0.268. The van der Waals surface area contributed by atoms with Crippen molar-refractivity contribution < 1.29 is 28.7 Å². The smallest absolute Gasteiger partial charge is 0.329 e. The number of nitrogens with zero attached hydrogens (tertiary/aromatic N) is 1. The van der Waals surface area contributed by atoms with Gasteiger partial charge in [0, 0.05) is 5.56 Å². The Morgan fingerprint density at radius 1 is 1.18 bits per heavy atom. The van der Waals surface area contributed by atoms with Gasteiger partial charge in [-0.1, -0.05) is 24.4 Å². The lowest BCUT2D eigenvalue weighted by molar-refractivity contribution is -0.157. The number of ketones is 1. The third-order valence-corrected chi connectivity index (χ3v) is 5.72. The number of imide groups is 1. The molecular weight excluding hydrogens is 386 g/mol. The highest BCUT2D eigenvalue weighted by Crippen LogP contribution is 2.38. The van der Waals surface area contributed by atoms with Crippen LogP contribution in [0.4, 0.5) is 0 Å². The predicted molar refractivity (Wildman–Crippen MR) is 100 cm³/mol. The molecule has 1 aromatic rings. The molecule has 1 aliphatic heterocycles. The average Bonchev–Trinajstić information content (AvgIpc) is 2.96. The maximum atomic E-state index is 12.6. The molecule has 7 nitrogen and oxygen atoms in total. The molecule has 1 aliphatic carbocycles. The summed E-state index contributed by atoms with van der Waals surface area (Å²) in [5.74, 6) is -2.10. The molecule has 1 saturated carbocycles. The number of carbonyl (C=O) groups excluding carboxylic acids is 4. The van der Waals surface area contributed by atoms with Gasteiger partial charge < -0.3 is 9.47 Å². The van der Waals surface area contributed by atoms with Gasteiger partial charge in [-0.05, 0) is 38.0 Å². The quantitative estimate of drug-likeness (QED) is 0.409. The van der Waals surface area contributed by atoms with Crippen molar-refractivity contribution in [3.05, 3.63) is 28.8 Å². The molecule has 8 heteroatoms. The number of esters is 1. The highest BCUT2D eigenvalue weighted by molar-refractivity contribution is 6.32. The molecule has 2 amide bonds. The molecule has 28 heavy (non-hydrogen) atoms. The second-order valence-electron chi connectivity index (χ2n) is 7.10. The predicted octanol–water partition coefficient (Wildman–Crippen LogP) is 2.64. The van der Waals surface area contributed by atoms with E-state index >= 15 is 0 Å². The topological polar surface area (TPSA) is 90.0 Å². The van der Waals surface area contributed by atoms with Crippen LogP contribution in [0.5, 0.6) is 5.75 Å². The van der Waals surface area contributed by atoms with Crippen LogP contribution >= 0.6 is 11.6 Å². The van der Waals surface area contributed by atoms with E-state index in [-0.39, 0.29) is 34.2 Å². The largest absolute Gasteiger partial charge is 0.495 e. The van der Waals surface area contributed by atoms with Crippen LogP contribution in [0.2, 0.25) is 5.02 Å². The molecule has 2 fully saturated rings. The number of rotatable bonds is 6. The zero-order valence-electron chi connectivity index (χ0n) is 15.8. The van der Waals surface area contributed by atoms with Crippen molar-refractivity contribution in [3.8, 4) is 5.75 Å². The first-order valence-electron chi connectivity index (χ1n) is 9.25. The Morgan fingerprint density at radius 2 is 1.79 bits per heavy atom. The van der Waals surface area contributed by atoms with Gasteiger partial charge in [0.2, 0.25) is 11.8 Å². The third-order valence-electron chi connectivity index (χ3n) is 5.42. The standard InChI is InChI=1S/C20H22ClNO6/c1-11(22-18(24)13-5-3-4-6-14(13)19(22)25)20(26)28-10-16(23)12-7-8-17(27-2)15(21)9-12/h7-9,11,13-14H,3-6,10H2,1-2H3/t11-,13+,14+/m0/s1. The summed E-state index contributed by atoms with van der Waals surface area (Å²) in [4.78, 5) is 50.7. The van der Waals surface area contributed by atoms with Gasteiger partial charge in [0.1, 0.15) is 11.8 Å². The molecule has 1 saturated heterocycles.